The number of benzene rings is 1. The number of aromatic nitrogens is 2. The number of nitrogens with zero attached hydrogens (tertiary/aromatic N) is 2. The molecule has 96 valence electrons. The van der Waals surface area contributed by atoms with Crippen molar-refractivity contribution >= 4 is 15.9 Å². The molecule has 1 aromatic heterocycles. The van der Waals surface area contributed by atoms with E-state index in [1.807, 2.05) is 23.1 Å². The molecular weight excluding hydrogens is 290 g/mol. The van der Waals surface area contributed by atoms with Crippen LogP contribution < -0.4 is 5.32 Å². The van der Waals surface area contributed by atoms with Gasteiger partial charge in [0.05, 0.1) is 6.54 Å². The molecule has 0 aliphatic rings. The molecule has 0 saturated heterocycles. The molecular formula is C14H18BrN3. The number of rotatable bonds is 6. The van der Waals surface area contributed by atoms with Gasteiger partial charge in [-0.1, -0.05) is 35.0 Å². The van der Waals surface area contributed by atoms with Gasteiger partial charge in [0.2, 0.25) is 0 Å². The summed E-state index contributed by atoms with van der Waals surface area (Å²) in [5.74, 6) is 0. The van der Waals surface area contributed by atoms with Gasteiger partial charge in [0.1, 0.15) is 0 Å². The third-order valence-corrected chi connectivity index (χ3v) is 3.44. The van der Waals surface area contributed by atoms with Gasteiger partial charge >= 0.3 is 0 Å². The Labute approximate surface area is 116 Å². The van der Waals surface area contributed by atoms with Crippen molar-refractivity contribution in [3.05, 3.63) is 52.8 Å². The van der Waals surface area contributed by atoms with Crippen LogP contribution in [0, 0.1) is 0 Å². The highest BCUT2D eigenvalue weighted by Gasteiger charge is 2.08. The number of hydrogen-bond acceptors (Lipinski definition) is 2. The summed E-state index contributed by atoms with van der Waals surface area (Å²) in [7, 11) is 0. The molecule has 4 heteroatoms. The Bertz CT molecular complexity index is 468. The van der Waals surface area contributed by atoms with E-state index in [1.165, 1.54) is 5.56 Å². The lowest BCUT2D eigenvalue weighted by atomic mass is 10.0. The van der Waals surface area contributed by atoms with Gasteiger partial charge in [0.15, 0.2) is 0 Å². The topological polar surface area (TPSA) is 29.9 Å². The predicted octanol–water partition coefficient (Wildman–Crippen LogP) is 3.39. The molecule has 2 aromatic rings. The number of halogens is 1. The van der Waals surface area contributed by atoms with Crippen LogP contribution in [0.25, 0.3) is 0 Å². The normalized spacial score (nSPS) is 12.6. The predicted molar refractivity (Wildman–Crippen MR) is 77.4 cm³/mol. The highest BCUT2D eigenvalue weighted by molar-refractivity contribution is 9.10. The Hall–Kier alpha value is -1.13. The highest BCUT2D eigenvalue weighted by atomic mass is 79.9. The van der Waals surface area contributed by atoms with Gasteiger partial charge in [-0.05, 0) is 30.2 Å². The minimum atomic E-state index is 0.401. The molecule has 0 fully saturated rings. The molecule has 0 aliphatic carbocycles. The Kier molecular flexibility index (Phi) is 4.96. The van der Waals surface area contributed by atoms with Crippen molar-refractivity contribution in [2.24, 2.45) is 0 Å². The molecule has 18 heavy (non-hydrogen) atoms. The zero-order valence-corrected chi connectivity index (χ0v) is 12.1. The molecule has 1 heterocycles. The van der Waals surface area contributed by atoms with Gasteiger partial charge in [-0.15, -0.1) is 0 Å². The maximum absolute atomic E-state index is 4.19. The third-order valence-electron chi connectivity index (χ3n) is 2.95. The standard InChI is InChI=1S/C14H18BrN3/c1-2-14(12-5-3-6-13(15)11-12)16-8-10-18-9-4-7-17-18/h3-7,9,11,14,16H,2,8,10H2,1H3. The molecule has 2 rings (SSSR count). The SMILES string of the molecule is CCC(NCCn1cccn1)c1cccc(Br)c1. The van der Waals surface area contributed by atoms with E-state index in [0.717, 1.165) is 24.0 Å². The number of nitrogens with one attached hydrogen (secondary N) is 1. The molecule has 0 aliphatic heterocycles. The molecule has 3 nitrogen and oxygen atoms in total. The fraction of sp³-hybridized carbons (Fsp3) is 0.357. The van der Waals surface area contributed by atoms with Gasteiger partial charge < -0.3 is 5.32 Å². The summed E-state index contributed by atoms with van der Waals surface area (Å²) in [4.78, 5) is 0. The quantitative estimate of drug-likeness (QED) is 0.886. The van der Waals surface area contributed by atoms with Crippen molar-refractivity contribution in [1.29, 1.82) is 0 Å². The molecule has 0 amide bonds. The summed E-state index contributed by atoms with van der Waals surface area (Å²) in [6.45, 7) is 4.02. The first-order valence-corrected chi connectivity index (χ1v) is 7.05. The first-order valence-electron chi connectivity index (χ1n) is 6.26. The van der Waals surface area contributed by atoms with Crippen LogP contribution in [-0.2, 0) is 6.54 Å². The van der Waals surface area contributed by atoms with E-state index in [2.05, 4.69) is 57.5 Å². The van der Waals surface area contributed by atoms with Crippen LogP contribution >= 0.6 is 15.9 Å². The van der Waals surface area contributed by atoms with Crippen molar-refractivity contribution in [2.75, 3.05) is 6.54 Å². The minimum absolute atomic E-state index is 0.401. The lowest BCUT2D eigenvalue weighted by molar-refractivity contribution is 0.476. The largest absolute Gasteiger partial charge is 0.308 e. The van der Waals surface area contributed by atoms with E-state index in [-0.39, 0.29) is 0 Å². The molecule has 1 unspecified atom stereocenters. The number of hydrogen-bond donors (Lipinski definition) is 1. The smallest absolute Gasteiger partial charge is 0.0534 e. The zero-order valence-electron chi connectivity index (χ0n) is 10.5. The summed E-state index contributed by atoms with van der Waals surface area (Å²) in [6, 6.07) is 10.8. The van der Waals surface area contributed by atoms with Crippen LogP contribution in [0.1, 0.15) is 24.9 Å². The lowest BCUT2D eigenvalue weighted by Gasteiger charge is -2.17. The van der Waals surface area contributed by atoms with Crippen molar-refractivity contribution in [3.8, 4) is 0 Å². The molecule has 0 saturated carbocycles. The lowest BCUT2D eigenvalue weighted by Crippen LogP contribution is -2.25. The van der Waals surface area contributed by atoms with Crippen LogP contribution in [0.2, 0.25) is 0 Å². The third kappa shape index (κ3) is 3.68. The minimum Gasteiger partial charge on any atom is -0.308 e. The second-order valence-corrected chi connectivity index (χ2v) is 5.15. The van der Waals surface area contributed by atoms with Crippen molar-refractivity contribution in [2.45, 2.75) is 25.9 Å². The van der Waals surface area contributed by atoms with E-state index < -0.39 is 0 Å². The Morgan fingerprint density at radius 2 is 2.28 bits per heavy atom. The van der Waals surface area contributed by atoms with Gasteiger partial charge in [-0.2, -0.15) is 5.10 Å². The van der Waals surface area contributed by atoms with E-state index in [0.29, 0.717) is 6.04 Å². The van der Waals surface area contributed by atoms with Crippen molar-refractivity contribution in [1.82, 2.24) is 15.1 Å². The zero-order chi connectivity index (χ0) is 12.8. The fourth-order valence-corrected chi connectivity index (χ4v) is 2.42. The van der Waals surface area contributed by atoms with Crippen molar-refractivity contribution in [3.63, 3.8) is 0 Å². The maximum atomic E-state index is 4.19. The van der Waals surface area contributed by atoms with Gasteiger partial charge in [0.25, 0.3) is 0 Å². The maximum Gasteiger partial charge on any atom is 0.0534 e. The van der Waals surface area contributed by atoms with Crippen LogP contribution in [-0.4, -0.2) is 16.3 Å². The second kappa shape index (κ2) is 6.71. The van der Waals surface area contributed by atoms with Crippen LogP contribution in [0.3, 0.4) is 0 Å². The molecule has 0 bridgehead atoms. The summed E-state index contributed by atoms with van der Waals surface area (Å²) >= 11 is 3.52. The van der Waals surface area contributed by atoms with Gasteiger partial charge in [-0.3, -0.25) is 4.68 Å². The molecule has 1 aromatic carbocycles. The molecule has 1 atom stereocenters. The summed E-state index contributed by atoms with van der Waals surface area (Å²) in [5, 5.41) is 7.76. The summed E-state index contributed by atoms with van der Waals surface area (Å²) < 4.78 is 3.08. The molecule has 0 radical (unpaired) electrons. The monoisotopic (exact) mass is 307 g/mol. The Morgan fingerprint density at radius 1 is 1.39 bits per heavy atom. The van der Waals surface area contributed by atoms with Gasteiger partial charge in [-0.25, -0.2) is 0 Å². The summed E-state index contributed by atoms with van der Waals surface area (Å²) in [5.41, 5.74) is 1.33. The first-order chi connectivity index (χ1) is 8.79. The van der Waals surface area contributed by atoms with E-state index in [4.69, 9.17) is 0 Å². The molecule has 0 spiro atoms. The van der Waals surface area contributed by atoms with E-state index in [9.17, 15) is 0 Å². The van der Waals surface area contributed by atoms with Crippen molar-refractivity contribution < 1.29 is 0 Å². The fourth-order valence-electron chi connectivity index (χ4n) is 2.01. The Balaban J connectivity index is 1.89. The van der Waals surface area contributed by atoms with Crippen LogP contribution in [0.5, 0.6) is 0 Å². The van der Waals surface area contributed by atoms with E-state index in [1.54, 1.807) is 0 Å². The molecule has 1 N–H and O–H groups in total. The second-order valence-electron chi connectivity index (χ2n) is 4.24. The Morgan fingerprint density at radius 3 is 2.94 bits per heavy atom. The summed E-state index contributed by atoms with van der Waals surface area (Å²) in [6.07, 6.45) is 4.88. The highest BCUT2D eigenvalue weighted by Crippen LogP contribution is 2.20. The van der Waals surface area contributed by atoms with Crippen LogP contribution in [0.4, 0.5) is 0 Å². The van der Waals surface area contributed by atoms with Gasteiger partial charge in [0, 0.05) is 29.5 Å². The first kappa shape index (κ1) is 13.3. The average molecular weight is 308 g/mol. The van der Waals surface area contributed by atoms with Crippen LogP contribution in [0.15, 0.2) is 47.2 Å². The average Bonchev–Trinajstić information content (AvgIpc) is 2.88. The van der Waals surface area contributed by atoms with E-state index >= 15 is 0 Å².